The van der Waals surface area contributed by atoms with Crippen molar-refractivity contribution in [1.29, 1.82) is 0 Å². The second kappa shape index (κ2) is 8.88. The molecule has 1 fully saturated rings. The third-order valence-corrected chi connectivity index (χ3v) is 7.39. The summed E-state index contributed by atoms with van der Waals surface area (Å²) in [5.74, 6) is -0.0686. The van der Waals surface area contributed by atoms with Crippen LogP contribution in [0.1, 0.15) is 52.2 Å². The van der Waals surface area contributed by atoms with Gasteiger partial charge < -0.3 is 10.3 Å². The summed E-state index contributed by atoms with van der Waals surface area (Å²) in [4.78, 5) is 25.6. The maximum absolute atomic E-state index is 13.0. The number of nitrogens with zero attached hydrogens (tertiary/aromatic N) is 2. The van der Waals surface area contributed by atoms with Crippen molar-refractivity contribution < 1.29 is 4.79 Å². The number of thiophene rings is 1. The van der Waals surface area contributed by atoms with Crippen LogP contribution < -0.4 is 5.32 Å². The van der Waals surface area contributed by atoms with E-state index >= 15 is 0 Å². The molecule has 1 atom stereocenters. The highest BCUT2D eigenvalue weighted by atomic mass is 32.1. The van der Waals surface area contributed by atoms with Crippen molar-refractivity contribution >= 4 is 28.3 Å². The van der Waals surface area contributed by atoms with Gasteiger partial charge in [0.25, 0.3) is 5.91 Å². The first-order chi connectivity index (χ1) is 15.6. The smallest absolute Gasteiger partial charge is 0.252 e. The van der Waals surface area contributed by atoms with Crippen molar-refractivity contribution in [2.75, 3.05) is 13.1 Å². The highest BCUT2D eigenvalue weighted by Crippen LogP contribution is 2.31. The molecular weight excluding hydrogens is 416 g/mol. The number of fused-ring (bicyclic) bond motifs is 1. The summed E-state index contributed by atoms with van der Waals surface area (Å²) in [7, 11) is 0. The SMILES string of the molecule is Cc1cc2nc[nH]c2cc1C(=O)N[C@H](C)c1cccc(-c2ccc(CN3CCCC3)s2)c1. The van der Waals surface area contributed by atoms with Crippen LogP contribution in [0.5, 0.6) is 0 Å². The number of nitrogens with one attached hydrogen (secondary N) is 2. The molecule has 6 heteroatoms. The van der Waals surface area contributed by atoms with Crippen LogP contribution >= 0.6 is 11.3 Å². The molecular formula is C26H28N4OS. The average molecular weight is 445 g/mol. The first-order valence-corrected chi connectivity index (χ1v) is 12.0. The average Bonchev–Trinajstić information content (AvgIpc) is 3.55. The molecule has 1 aliphatic heterocycles. The molecule has 0 aliphatic carbocycles. The standard InChI is InChI=1S/C26H28N4OS/c1-17-12-23-24(28-16-27-23)14-22(17)26(31)29-18(2)19-6-5-7-20(13-19)25-9-8-21(32-25)15-30-10-3-4-11-30/h5-9,12-14,16,18H,3-4,10-11,15H2,1-2H3,(H,27,28)(H,29,31)/t18-/m1/s1. The molecule has 0 saturated carbocycles. The number of aryl methyl sites for hydroxylation is 1. The highest BCUT2D eigenvalue weighted by molar-refractivity contribution is 7.15. The van der Waals surface area contributed by atoms with E-state index in [2.05, 4.69) is 56.6 Å². The summed E-state index contributed by atoms with van der Waals surface area (Å²) in [6.07, 6.45) is 4.29. The predicted octanol–water partition coefficient (Wildman–Crippen LogP) is 5.69. The number of hydrogen-bond donors (Lipinski definition) is 2. The van der Waals surface area contributed by atoms with Crippen molar-refractivity contribution in [3.63, 3.8) is 0 Å². The van der Waals surface area contributed by atoms with Gasteiger partial charge in [0.05, 0.1) is 23.4 Å². The zero-order valence-corrected chi connectivity index (χ0v) is 19.3. The molecule has 1 saturated heterocycles. The van der Waals surface area contributed by atoms with Gasteiger partial charge in [-0.15, -0.1) is 11.3 Å². The number of imidazole rings is 1. The van der Waals surface area contributed by atoms with Gasteiger partial charge in [0.1, 0.15) is 0 Å². The summed E-state index contributed by atoms with van der Waals surface area (Å²) in [6, 6.07) is 16.7. The fourth-order valence-electron chi connectivity index (χ4n) is 4.43. The van der Waals surface area contributed by atoms with Gasteiger partial charge >= 0.3 is 0 Å². The van der Waals surface area contributed by atoms with Crippen LogP contribution in [0, 0.1) is 6.92 Å². The highest BCUT2D eigenvalue weighted by Gasteiger charge is 2.16. The van der Waals surface area contributed by atoms with E-state index in [9.17, 15) is 4.79 Å². The number of aromatic amines is 1. The first kappa shape index (κ1) is 20.9. The fraction of sp³-hybridized carbons (Fsp3) is 0.308. The number of rotatable bonds is 6. The molecule has 0 spiro atoms. The van der Waals surface area contributed by atoms with E-state index in [0.29, 0.717) is 5.56 Å². The lowest BCUT2D eigenvalue weighted by atomic mass is 10.0. The van der Waals surface area contributed by atoms with Crippen LogP contribution in [0.4, 0.5) is 0 Å². The maximum atomic E-state index is 13.0. The number of aromatic nitrogens is 2. The largest absolute Gasteiger partial charge is 0.346 e. The quantitative estimate of drug-likeness (QED) is 0.402. The molecule has 0 unspecified atom stereocenters. The van der Waals surface area contributed by atoms with Crippen LogP contribution in [-0.2, 0) is 6.54 Å². The third-order valence-electron chi connectivity index (χ3n) is 6.27. The second-order valence-corrected chi connectivity index (χ2v) is 9.82. The topological polar surface area (TPSA) is 61.0 Å². The molecule has 1 amide bonds. The van der Waals surface area contributed by atoms with Crippen molar-refractivity contribution in [2.45, 2.75) is 39.3 Å². The summed E-state index contributed by atoms with van der Waals surface area (Å²) in [5.41, 5.74) is 5.65. The molecule has 164 valence electrons. The Kier molecular flexibility index (Phi) is 5.81. The molecule has 5 rings (SSSR count). The van der Waals surface area contributed by atoms with E-state index < -0.39 is 0 Å². The summed E-state index contributed by atoms with van der Waals surface area (Å²) in [5, 5.41) is 3.17. The molecule has 0 bridgehead atoms. The Bertz CT molecular complexity index is 1250. The lowest BCUT2D eigenvalue weighted by molar-refractivity contribution is 0.0939. The Labute approximate surface area is 192 Å². The summed E-state index contributed by atoms with van der Waals surface area (Å²) < 4.78 is 0. The van der Waals surface area contributed by atoms with E-state index in [-0.39, 0.29) is 11.9 Å². The number of likely N-dealkylation sites (tertiary alicyclic amines) is 1. The van der Waals surface area contributed by atoms with E-state index in [1.807, 2.05) is 37.3 Å². The fourth-order valence-corrected chi connectivity index (χ4v) is 5.48. The molecule has 2 N–H and O–H groups in total. The van der Waals surface area contributed by atoms with Gasteiger partial charge in [-0.2, -0.15) is 0 Å². The molecule has 2 aromatic heterocycles. The Balaban J connectivity index is 1.30. The van der Waals surface area contributed by atoms with Crippen LogP contribution in [0.2, 0.25) is 0 Å². The zero-order valence-electron chi connectivity index (χ0n) is 18.5. The first-order valence-electron chi connectivity index (χ1n) is 11.2. The van der Waals surface area contributed by atoms with E-state index in [4.69, 9.17) is 0 Å². The van der Waals surface area contributed by atoms with Gasteiger partial charge in [0.2, 0.25) is 0 Å². The number of H-pyrrole nitrogens is 1. The Morgan fingerprint density at radius 2 is 2.03 bits per heavy atom. The number of benzene rings is 2. The van der Waals surface area contributed by atoms with E-state index in [1.54, 1.807) is 6.33 Å². The molecule has 32 heavy (non-hydrogen) atoms. The van der Waals surface area contributed by atoms with Crippen LogP contribution in [0.3, 0.4) is 0 Å². The molecule has 4 aromatic rings. The van der Waals surface area contributed by atoms with Gasteiger partial charge in [0, 0.05) is 21.9 Å². The maximum Gasteiger partial charge on any atom is 0.252 e. The minimum absolute atomic E-state index is 0.0686. The normalized spacial score (nSPS) is 15.3. The van der Waals surface area contributed by atoms with Gasteiger partial charge in [-0.25, -0.2) is 4.98 Å². The lowest BCUT2D eigenvalue weighted by Gasteiger charge is -2.16. The molecule has 0 radical (unpaired) electrons. The Morgan fingerprint density at radius 1 is 1.19 bits per heavy atom. The second-order valence-electron chi connectivity index (χ2n) is 8.66. The van der Waals surface area contributed by atoms with Crippen molar-refractivity contribution in [1.82, 2.24) is 20.2 Å². The third kappa shape index (κ3) is 4.33. The van der Waals surface area contributed by atoms with E-state index in [1.165, 1.54) is 41.2 Å². The monoisotopic (exact) mass is 444 g/mol. The number of carbonyl (C=O) groups is 1. The van der Waals surface area contributed by atoms with Crippen LogP contribution in [0.15, 0.2) is 54.9 Å². The number of amides is 1. The van der Waals surface area contributed by atoms with E-state index in [0.717, 1.165) is 28.7 Å². The zero-order chi connectivity index (χ0) is 22.1. The van der Waals surface area contributed by atoms with Crippen LogP contribution in [0.25, 0.3) is 21.5 Å². The Hall–Kier alpha value is -2.96. The van der Waals surface area contributed by atoms with Gasteiger partial charge in [-0.05, 0) is 86.8 Å². The van der Waals surface area contributed by atoms with Gasteiger partial charge in [-0.3, -0.25) is 9.69 Å². The van der Waals surface area contributed by atoms with Crippen LogP contribution in [-0.4, -0.2) is 33.9 Å². The summed E-state index contributed by atoms with van der Waals surface area (Å²) in [6.45, 7) is 7.47. The van der Waals surface area contributed by atoms with Crippen molar-refractivity contribution in [3.05, 3.63) is 76.4 Å². The van der Waals surface area contributed by atoms with Gasteiger partial charge in [-0.1, -0.05) is 18.2 Å². The molecule has 3 heterocycles. The van der Waals surface area contributed by atoms with Gasteiger partial charge in [0.15, 0.2) is 0 Å². The van der Waals surface area contributed by atoms with Crippen molar-refractivity contribution in [3.8, 4) is 10.4 Å². The lowest BCUT2D eigenvalue weighted by Crippen LogP contribution is -2.27. The van der Waals surface area contributed by atoms with Crippen molar-refractivity contribution in [2.24, 2.45) is 0 Å². The number of hydrogen-bond acceptors (Lipinski definition) is 4. The number of carbonyl (C=O) groups excluding carboxylic acids is 1. The molecule has 1 aliphatic rings. The molecule has 5 nitrogen and oxygen atoms in total. The molecule has 2 aromatic carbocycles. The Morgan fingerprint density at radius 3 is 2.88 bits per heavy atom. The predicted molar refractivity (Wildman–Crippen MR) is 131 cm³/mol. The minimum Gasteiger partial charge on any atom is -0.346 e. The minimum atomic E-state index is -0.0941. The summed E-state index contributed by atoms with van der Waals surface area (Å²) >= 11 is 1.87.